The second kappa shape index (κ2) is 5.23. The quantitative estimate of drug-likeness (QED) is 0.634. The first-order valence-corrected chi connectivity index (χ1v) is 6.44. The minimum atomic E-state index is -0.687. The Kier molecular flexibility index (Phi) is 3.42. The lowest BCUT2D eigenvalue weighted by molar-refractivity contribution is 0.423. The van der Waals surface area contributed by atoms with Gasteiger partial charge in [-0.15, -0.1) is 0 Å². The van der Waals surface area contributed by atoms with E-state index >= 15 is 0 Å². The Balaban J connectivity index is 2.11. The summed E-state index contributed by atoms with van der Waals surface area (Å²) < 4.78 is 19.1. The summed E-state index contributed by atoms with van der Waals surface area (Å²) >= 11 is 11.7. The molecule has 3 aromatic rings. The fourth-order valence-electron chi connectivity index (χ4n) is 1.83. The molecule has 0 N–H and O–H groups in total. The van der Waals surface area contributed by atoms with Gasteiger partial charge in [0.15, 0.2) is 0 Å². The molecule has 0 bridgehead atoms. The van der Waals surface area contributed by atoms with E-state index in [0.717, 1.165) is 17.0 Å². The molecule has 2 aromatic carbocycles. The summed E-state index contributed by atoms with van der Waals surface area (Å²) in [7, 11) is 0. The molecule has 0 aliphatic rings. The third kappa shape index (κ3) is 2.40. The van der Waals surface area contributed by atoms with E-state index in [1.54, 1.807) is 12.1 Å². The van der Waals surface area contributed by atoms with Gasteiger partial charge in [0.25, 0.3) is 5.88 Å². The van der Waals surface area contributed by atoms with Crippen LogP contribution in [0.5, 0.6) is 11.6 Å². The Hall–Kier alpha value is -1.91. The van der Waals surface area contributed by atoms with Crippen LogP contribution in [0.3, 0.4) is 0 Å². The molecule has 0 aliphatic heterocycles. The van der Waals surface area contributed by atoms with Crippen molar-refractivity contribution in [1.29, 1.82) is 0 Å². The molecular formula is C14H7Cl2FN2O. The molecule has 0 fully saturated rings. The Morgan fingerprint density at radius 1 is 1.00 bits per heavy atom. The third-order valence-corrected chi connectivity index (χ3v) is 3.23. The summed E-state index contributed by atoms with van der Waals surface area (Å²) in [6.07, 6.45) is 0.961. The SMILES string of the molecule is Fc1cnc(Cl)nc1Oc1ccc(Cl)c2ccccc12. The Morgan fingerprint density at radius 3 is 2.55 bits per heavy atom. The average molecular weight is 309 g/mol. The molecule has 0 radical (unpaired) electrons. The lowest BCUT2D eigenvalue weighted by Crippen LogP contribution is -1.95. The maximum absolute atomic E-state index is 13.6. The Morgan fingerprint density at radius 2 is 1.75 bits per heavy atom. The van der Waals surface area contributed by atoms with Crippen molar-refractivity contribution in [2.75, 3.05) is 0 Å². The van der Waals surface area contributed by atoms with Crippen molar-refractivity contribution in [3.63, 3.8) is 0 Å². The van der Waals surface area contributed by atoms with E-state index in [1.165, 1.54) is 0 Å². The Labute approximate surface area is 123 Å². The van der Waals surface area contributed by atoms with E-state index in [-0.39, 0.29) is 11.2 Å². The smallest absolute Gasteiger partial charge is 0.260 e. The summed E-state index contributed by atoms with van der Waals surface area (Å²) in [4.78, 5) is 7.26. The molecule has 0 aliphatic carbocycles. The number of hydrogen-bond donors (Lipinski definition) is 0. The van der Waals surface area contributed by atoms with Crippen LogP contribution in [-0.4, -0.2) is 9.97 Å². The van der Waals surface area contributed by atoms with Crippen molar-refractivity contribution in [3.8, 4) is 11.6 Å². The zero-order valence-electron chi connectivity index (χ0n) is 9.98. The summed E-state index contributed by atoms with van der Waals surface area (Å²) in [5.74, 6) is -0.468. The molecule has 3 nitrogen and oxygen atoms in total. The van der Waals surface area contributed by atoms with Crippen LogP contribution in [0.2, 0.25) is 10.3 Å². The lowest BCUT2D eigenvalue weighted by Gasteiger charge is -2.09. The predicted molar refractivity (Wildman–Crippen MR) is 76.0 cm³/mol. The first kappa shape index (κ1) is 13.1. The van der Waals surface area contributed by atoms with Gasteiger partial charge in [-0.2, -0.15) is 9.37 Å². The highest BCUT2D eigenvalue weighted by Gasteiger charge is 2.11. The summed E-state index contributed by atoms with van der Waals surface area (Å²) in [5, 5.41) is 2.08. The van der Waals surface area contributed by atoms with E-state index in [2.05, 4.69) is 9.97 Å². The summed E-state index contributed by atoms with van der Waals surface area (Å²) in [5.41, 5.74) is 0. The normalized spacial score (nSPS) is 10.8. The minimum Gasteiger partial charge on any atom is -0.436 e. The predicted octanol–water partition coefficient (Wildman–Crippen LogP) is 4.87. The van der Waals surface area contributed by atoms with Crippen LogP contribution in [0.15, 0.2) is 42.6 Å². The topological polar surface area (TPSA) is 35.0 Å². The standard InChI is InChI=1S/C14H7Cl2FN2O/c15-10-5-6-12(9-4-2-1-3-8(9)10)20-13-11(17)7-18-14(16)19-13/h1-7H. The van der Waals surface area contributed by atoms with Crippen molar-refractivity contribution >= 4 is 34.0 Å². The van der Waals surface area contributed by atoms with Gasteiger partial charge in [-0.1, -0.05) is 35.9 Å². The van der Waals surface area contributed by atoms with Crippen LogP contribution in [-0.2, 0) is 0 Å². The van der Waals surface area contributed by atoms with Gasteiger partial charge in [0.1, 0.15) is 5.75 Å². The van der Waals surface area contributed by atoms with E-state index in [9.17, 15) is 4.39 Å². The molecule has 0 saturated heterocycles. The lowest BCUT2D eigenvalue weighted by atomic mass is 10.1. The number of fused-ring (bicyclic) bond motifs is 1. The number of nitrogens with zero attached hydrogens (tertiary/aromatic N) is 2. The number of halogens is 3. The van der Waals surface area contributed by atoms with E-state index in [1.807, 2.05) is 24.3 Å². The molecule has 1 aromatic heterocycles. The van der Waals surface area contributed by atoms with Crippen LogP contribution < -0.4 is 4.74 Å². The highest BCUT2D eigenvalue weighted by Crippen LogP contribution is 2.34. The van der Waals surface area contributed by atoms with Gasteiger partial charge in [-0.25, -0.2) is 4.98 Å². The van der Waals surface area contributed by atoms with Gasteiger partial charge in [-0.05, 0) is 23.7 Å². The maximum atomic E-state index is 13.6. The first-order chi connectivity index (χ1) is 9.65. The van der Waals surface area contributed by atoms with Crippen LogP contribution in [0.25, 0.3) is 10.8 Å². The van der Waals surface area contributed by atoms with Gasteiger partial charge in [-0.3, -0.25) is 0 Å². The van der Waals surface area contributed by atoms with Crippen LogP contribution in [0.1, 0.15) is 0 Å². The van der Waals surface area contributed by atoms with E-state index in [0.29, 0.717) is 10.8 Å². The minimum absolute atomic E-state index is 0.0836. The molecule has 1 heterocycles. The molecule has 0 spiro atoms. The van der Waals surface area contributed by atoms with Crippen LogP contribution >= 0.6 is 23.2 Å². The highest BCUT2D eigenvalue weighted by atomic mass is 35.5. The van der Waals surface area contributed by atoms with Crippen LogP contribution in [0, 0.1) is 5.82 Å². The zero-order chi connectivity index (χ0) is 14.1. The molecular weight excluding hydrogens is 302 g/mol. The fourth-order valence-corrected chi connectivity index (χ4v) is 2.18. The van der Waals surface area contributed by atoms with Gasteiger partial charge in [0.05, 0.1) is 6.20 Å². The number of aromatic nitrogens is 2. The van der Waals surface area contributed by atoms with Crippen molar-refractivity contribution in [2.45, 2.75) is 0 Å². The molecule has 0 amide bonds. The van der Waals surface area contributed by atoms with Crippen molar-refractivity contribution in [1.82, 2.24) is 9.97 Å². The zero-order valence-corrected chi connectivity index (χ0v) is 11.5. The largest absolute Gasteiger partial charge is 0.436 e. The maximum Gasteiger partial charge on any atom is 0.260 e. The van der Waals surface area contributed by atoms with E-state index < -0.39 is 5.82 Å². The molecule has 100 valence electrons. The average Bonchev–Trinajstić information content (AvgIpc) is 2.46. The first-order valence-electron chi connectivity index (χ1n) is 5.68. The fraction of sp³-hybridized carbons (Fsp3) is 0. The molecule has 3 rings (SSSR count). The van der Waals surface area contributed by atoms with Crippen molar-refractivity contribution < 1.29 is 9.13 Å². The number of ether oxygens (including phenoxy) is 1. The van der Waals surface area contributed by atoms with Crippen molar-refractivity contribution in [3.05, 3.63) is 58.7 Å². The molecule has 0 unspecified atom stereocenters. The summed E-state index contributed by atoms with van der Waals surface area (Å²) in [6, 6.07) is 10.7. The number of hydrogen-bond acceptors (Lipinski definition) is 3. The van der Waals surface area contributed by atoms with Gasteiger partial charge in [0.2, 0.25) is 11.1 Å². The molecule has 0 atom stereocenters. The molecule has 0 saturated carbocycles. The van der Waals surface area contributed by atoms with Gasteiger partial charge < -0.3 is 4.74 Å². The molecule has 6 heteroatoms. The third-order valence-electron chi connectivity index (χ3n) is 2.72. The second-order valence-corrected chi connectivity index (χ2v) is 4.73. The van der Waals surface area contributed by atoms with E-state index in [4.69, 9.17) is 27.9 Å². The highest BCUT2D eigenvalue weighted by molar-refractivity contribution is 6.35. The second-order valence-electron chi connectivity index (χ2n) is 3.99. The van der Waals surface area contributed by atoms with Gasteiger partial charge in [0, 0.05) is 15.8 Å². The monoisotopic (exact) mass is 308 g/mol. The number of rotatable bonds is 2. The van der Waals surface area contributed by atoms with Crippen molar-refractivity contribution in [2.24, 2.45) is 0 Å². The molecule has 20 heavy (non-hydrogen) atoms. The Bertz CT molecular complexity index is 795. The van der Waals surface area contributed by atoms with Crippen LogP contribution in [0.4, 0.5) is 4.39 Å². The van der Waals surface area contributed by atoms with Gasteiger partial charge >= 0.3 is 0 Å². The summed E-state index contributed by atoms with van der Waals surface area (Å²) in [6.45, 7) is 0. The number of benzene rings is 2.